The van der Waals surface area contributed by atoms with Crippen molar-refractivity contribution in [2.75, 3.05) is 6.54 Å². The lowest BCUT2D eigenvalue weighted by Gasteiger charge is -2.20. The molecule has 3 nitrogen and oxygen atoms in total. The number of nitrogens with zero attached hydrogens (tertiary/aromatic N) is 1. The summed E-state index contributed by atoms with van der Waals surface area (Å²) in [5.74, 6) is -0.693. The van der Waals surface area contributed by atoms with E-state index in [1.165, 1.54) is 5.56 Å². The Bertz CT molecular complexity index is 366. The highest BCUT2D eigenvalue weighted by Gasteiger charge is 2.30. The van der Waals surface area contributed by atoms with Crippen LogP contribution in [-0.4, -0.2) is 28.6 Å². The maximum absolute atomic E-state index is 11.0. The number of likely N-dealkylation sites (tertiary alicyclic amines) is 1. The molecule has 1 aliphatic heterocycles. The number of carbonyl (C=O) groups is 1. The van der Waals surface area contributed by atoms with E-state index >= 15 is 0 Å². The molecule has 5 heteroatoms. The van der Waals surface area contributed by atoms with Crippen LogP contribution in [0.4, 0.5) is 0 Å². The molecule has 0 spiro atoms. The first kappa shape index (κ1) is 11.1. The molecule has 1 saturated heterocycles. The van der Waals surface area contributed by atoms with Crippen molar-refractivity contribution < 1.29 is 9.90 Å². The maximum Gasteiger partial charge on any atom is 0.320 e. The van der Waals surface area contributed by atoms with Crippen molar-refractivity contribution in [2.24, 2.45) is 0 Å². The first-order valence-electron chi connectivity index (χ1n) is 4.86. The zero-order valence-corrected chi connectivity index (χ0v) is 10.6. The van der Waals surface area contributed by atoms with Crippen LogP contribution in [-0.2, 0) is 11.3 Å². The lowest BCUT2D eigenvalue weighted by atomic mass is 10.2. The van der Waals surface area contributed by atoms with Gasteiger partial charge in [-0.05, 0) is 52.3 Å². The number of rotatable bonds is 3. The third-order valence-corrected chi connectivity index (χ3v) is 4.21. The molecule has 1 aliphatic rings. The van der Waals surface area contributed by atoms with Crippen LogP contribution in [0.1, 0.15) is 18.4 Å². The largest absolute Gasteiger partial charge is 0.480 e. The Hall–Kier alpha value is -0.390. The van der Waals surface area contributed by atoms with Gasteiger partial charge in [0.2, 0.25) is 0 Å². The number of hydrogen-bond donors (Lipinski definition) is 1. The van der Waals surface area contributed by atoms with Crippen molar-refractivity contribution in [3.63, 3.8) is 0 Å². The lowest BCUT2D eigenvalue weighted by molar-refractivity contribution is -0.142. The lowest BCUT2D eigenvalue weighted by Crippen LogP contribution is -2.35. The van der Waals surface area contributed by atoms with Crippen LogP contribution in [0.3, 0.4) is 0 Å². The highest BCUT2D eigenvalue weighted by atomic mass is 79.9. The number of aliphatic carboxylic acids is 1. The average molecular weight is 290 g/mol. The van der Waals surface area contributed by atoms with Gasteiger partial charge in [-0.15, -0.1) is 11.3 Å². The van der Waals surface area contributed by atoms with Gasteiger partial charge in [0.05, 0.1) is 3.79 Å². The summed E-state index contributed by atoms with van der Waals surface area (Å²) >= 11 is 5.05. The molecule has 1 unspecified atom stereocenters. The Morgan fingerprint density at radius 1 is 1.73 bits per heavy atom. The fourth-order valence-corrected chi connectivity index (χ4v) is 3.16. The molecule has 1 aromatic rings. The maximum atomic E-state index is 11.0. The van der Waals surface area contributed by atoms with Crippen molar-refractivity contribution in [2.45, 2.75) is 25.4 Å². The summed E-state index contributed by atoms with van der Waals surface area (Å²) in [4.78, 5) is 13.0. The van der Waals surface area contributed by atoms with Crippen LogP contribution in [0, 0.1) is 0 Å². The summed E-state index contributed by atoms with van der Waals surface area (Å²) in [5, 5.41) is 11.1. The van der Waals surface area contributed by atoms with E-state index in [1.807, 2.05) is 4.90 Å². The van der Waals surface area contributed by atoms with Gasteiger partial charge in [-0.2, -0.15) is 0 Å². The van der Waals surface area contributed by atoms with E-state index in [0.29, 0.717) is 0 Å². The molecule has 15 heavy (non-hydrogen) atoms. The molecule has 2 rings (SSSR count). The van der Waals surface area contributed by atoms with Crippen LogP contribution < -0.4 is 0 Å². The topological polar surface area (TPSA) is 40.5 Å². The zero-order valence-electron chi connectivity index (χ0n) is 8.15. The van der Waals surface area contributed by atoms with E-state index in [0.717, 1.165) is 29.7 Å². The minimum atomic E-state index is -0.693. The van der Waals surface area contributed by atoms with Gasteiger partial charge in [-0.3, -0.25) is 9.69 Å². The monoisotopic (exact) mass is 289 g/mol. The second-order valence-corrected chi connectivity index (χ2v) is 6.02. The quantitative estimate of drug-likeness (QED) is 0.930. The second kappa shape index (κ2) is 4.63. The van der Waals surface area contributed by atoms with E-state index in [2.05, 4.69) is 27.4 Å². The Morgan fingerprint density at radius 2 is 2.53 bits per heavy atom. The van der Waals surface area contributed by atoms with E-state index in [4.69, 9.17) is 5.11 Å². The van der Waals surface area contributed by atoms with Crippen molar-refractivity contribution in [1.29, 1.82) is 0 Å². The fraction of sp³-hybridized carbons (Fsp3) is 0.500. The van der Waals surface area contributed by atoms with Gasteiger partial charge in [-0.25, -0.2) is 0 Å². The number of thiophene rings is 1. The third kappa shape index (κ3) is 2.59. The first-order valence-corrected chi connectivity index (χ1v) is 6.54. The van der Waals surface area contributed by atoms with Crippen LogP contribution >= 0.6 is 27.3 Å². The van der Waals surface area contributed by atoms with E-state index in [-0.39, 0.29) is 6.04 Å². The normalized spacial score (nSPS) is 22.1. The molecule has 0 aromatic carbocycles. The Kier molecular flexibility index (Phi) is 3.43. The third-order valence-electron chi connectivity index (χ3n) is 2.66. The van der Waals surface area contributed by atoms with Gasteiger partial charge in [0, 0.05) is 6.54 Å². The summed E-state index contributed by atoms with van der Waals surface area (Å²) < 4.78 is 1.10. The van der Waals surface area contributed by atoms with Crippen LogP contribution in [0.15, 0.2) is 15.2 Å². The van der Waals surface area contributed by atoms with Crippen LogP contribution in [0.2, 0.25) is 0 Å². The van der Waals surface area contributed by atoms with Crippen molar-refractivity contribution in [1.82, 2.24) is 4.90 Å². The van der Waals surface area contributed by atoms with Gasteiger partial charge in [-0.1, -0.05) is 0 Å². The molecule has 1 N–H and O–H groups in total. The van der Waals surface area contributed by atoms with Gasteiger partial charge in [0.15, 0.2) is 0 Å². The molecule has 0 bridgehead atoms. The highest BCUT2D eigenvalue weighted by molar-refractivity contribution is 9.11. The summed E-state index contributed by atoms with van der Waals surface area (Å²) in [5.41, 5.74) is 1.19. The molecule has 1 aromatic heterocycles. The molecule has 0 saturated carbocycles. The molecular formula is C10H12BrNO2S. The van der Waals surface area contributed by atoms with Crippen LogP contribution in [0.25, 0.3) is 0 Å². The predicted octanol–water partition coefficient (Wildman–Crippen LogP) is 2.56. The summed E-state index contributed by atoms with van der Waals surface area (Å²) in [7, 11) is 0. The summed E-state index contributed by atoms with van der Waals surface area (Å²) in [6, 6.07) is 1.77. The SMILES string of the molecule is O=C(O)C1CCCN1Cc1csc(Br)c1. The second-order valence-electron chi connectivity index (χ2n) is 3.73. The van der Waals surface area contributed by atoms with E-state index in [9.17, 15) is 4.79 Å². The predicted molar refractivity (Wildman–Crippen MR) is 63.1 cm³/mol. The van der Waals surface area contributed by atoms with E-state index in [1.54, 1.807) is 11.3 Å². The van der Waals surface area contributed by atoms with Gasteiger partial charge < -0.3 is 5.11 Å². The Labute approximate surface area is 101 Å². The van der Waals surface area contributed by atoms with Gasteiger partial charge in [0.25, 0.3) is 0 Å². The van der Waals surface area contributed by atoms with Gasteiger partial charge in [0.1, 0.15) is 6.04 Å². The number of hydrogen-bond acceptors (Lipinski definition) is 3. The van der Waals surface area contributed by atoms with Crippen molar-refractivity contribution >= 4 is 33.2 Å². The smallest absolute Gasteiger partial charge is 0.320 e. The standard InChI is InChI=1S/C10H12BrNO2S/c11-9-4-7(6-15-9)5-12-3-1-2-8(12)10(13)14/h4,6,8H,1-3,5H2,(H,13,14). The number of halogens is 1. The molecule has 1 atom stereocenters. The Balaban J connectivity index is 2.02. The minimum absolute atomic E-state index is 0.288. The average Bonchev–Trinajstić information content (AvgIpc) is 2.75. The first-order chi connectivity index (χ1) is 7.16. The minimum Gasteiger partial charge on any atom is -0.480 e. The van der Waals surface area contributed by atoms with Gasteiger partial charge >= 0.3 is 5.97 Å². The van der Waals surface area contributed by atoms with Crippen LogP contribution in [0.5, 0.6) is 0 Å². The molecule has 1 fully saturated rings. The van der Waals surface area contributed by atoms with E-state index < -0.39 is 5.97 Å². The summed E-state index contributed by atoms with van der Waals surface area (Å²) in [6.07, 6.45) is 1.77. The molecule has 82 valence electrons. The summed E-state index contributed by atoms with van der Waals surface area (Å²) in [6.45, 7) is 1.64. The molecule has 0 amide bonds. The number of carboxylic acids is 1. The van der Waals surface area contributed by atoms with Crippen molar-refractivity contribution in [3.8, 4) is 0 Å². The molecule has 0 aliphatic carbocycles. The number of carboxylic acid groups (broad SMARTS) is 1. The molecule has 0 radical (unpaired) electrons. The molecular weight excluding hydrogens is 278 g/mol. The molecule has 2 heterocycles. The highest BCUT2D eigenvalue weighted by Crippen LogP contribution is 2.25. The fourth-order valence-electron chi connectivity index (χ4n) is 1.96. The van der Waals surface area contributed by atoms with Crippen molar-refractivity contribution in [3.05, 3.63) is 20.8 Å². The zero-order chi connectivity index (χ0) is 10.8. The Morgan fingerprint density at radius 3 is 3.13 bits per heavy atom.